The molecule has 1 aliphatic carbocycles. The molecule has 2 aromatic rings. The molecule has 1 atom stereocenters. The largest absolute Gasteiger partial charge is 0.486 e. The maximum absolute atomic E-state index is 11.6. The summed E-state index contributed by atoms with van der Waals surface area (Å²) in [4.78, 5) is 21.5. The Hall–Kier alpha value is -2.54. The zero-order valence-electron chi connectivity index (χ0n) is 17.9. The lowest BCUT2D eigenvalue weighted by Gasteiger charge is -2.32. The number of amides is 1. The molecule has 2 N–H and O–H groups in total. The van der Waals surface area contributed by atoms with Crippen molar-refractivity contribution < 1.29 is 19.1 Å². The molecule has 0 aromatic heterocycles. The first-order valence-corrected chi connectivity index (χ1v) is 10.3. The number of hydrogen-bond donors (Lipinski definition) is 2. The second kappa shape index (κ2) is 14.5. The highest BCUT2D eigenvalue weighted by atomic mass is 35.5. The molecule has 1 aliphatic rings. The Bertz CT molecular complexity index is 826. The topological polar surface area (TPSA) is 76.7 Å². The van der Waals surface area contributed by atoms with E-state index in [1.807, 2.05) is 33.2 Å². The average Bonchev–Trinajstić information content (AvgIpc) is 2.73. The van der Waals surface area contributed by atoms with Crippen molar-refractivity contribution >= 4 is 35.4 Å². The van der Waals surface area contributed by atoms with E-state index in [1.165, 1.54) is 0 Å². The Kier molecular flexibility index (Phi) is 12.4. The van der Waals surface area contributed by atoms with Crippen LogP contribution in [0.4, 0.5) is 0 Å². The summed E-state index contributed by atoms with van der Waals surface area (Å²) in [6, 6.07) is 13.8. The Morgan fingerprint density at radius 3 is 1.84 bits per heavy atom. The summed E-state index contributed by atoms with van der Waals surface area (Å²) in [6.07, 6.45) is 5.59. The fourth-order valence-electron chi connectivity index (χ4n) is 2.26. The Labute approximate surface area is 193 Å². The summed E-state index contributed by atoms with van der Waals surface area (Å²) in [5.74, 6) is 1.17. The smallest absolute Gasteiger partial charge is 0.258 e. The van der Waals surface area contributed by atoms with Gasteiger partial charge in [-0.25, -0.2) is 0 Å². The Balaban J connectivity index is 0.000000296. The van der Waals surface area contributed by atoms with Gasteiger partial charge in [0.25, 0.3) is 5.91 Å². The predicted molar refractivity (Wildman–Crippen MR) is 125 cm³/mol. The Morgan fingerprint density at radius 1 is 1.00 bits per heavy atom. The van der Waals surface area contributed by atoms with E-state index >= 15 is 0 Å². The number of carbonyl (C=O) groups excluding carboxylic acids is 2. The molecule has 31 heavy (non-hydrogen) atoms. The van der Waals surface area contributed by atoms with Gasteiger partial charge in [0.1, 0.15) is 18.1 Å². The zero-order chi connectivity index (χ0) is 23.1. The summed E-state index contributed by atoms with van der Waals surface area (Å²) in [5, 5.41) is 6.95. The molecule has 0 fully saturated rings. The molecule has 0 heterocycles. The van der Waals surface area contributed by atoms with Gasteiger partial charge < -0.3 is 20.1 Å². The monoisotopic (exact) mass is 466 g/mol. The van der Waals surface area contributed by atoms with Crippen molar-refractivity contribution in [2.45, 2.75) is 18.9 Å². The number of rotatable bonds is 7. The fraction of sp³-hybridized carbons (Fsp3) is 0.304. The van der Waals surface area contributed by atoms with Crippen LogP contribution in [0.3, 0.4) is 0 Å². The van der Waals surface area contributed by atoms with Gasteiger partial charge in [0.15, 0.2) is 12.9 Å². The minimum atomic E-state index is -0.194. The second-order valence-corrected chi connectivity index (χ2v) is 7.62. The van der Waals surface area contributed by atoms with E-state index in [1.54, 1.807) is 48.5 Å². The van der Waals surface area contributed by atoms with Crippen molar-refractivity contribution in [3.8, 4) is 11.5 Å². The first kappa shape index (κ1) is 26.5. The van der Waals surface area contributed by atoms with Crippen LogP contribution >= 0.6 is 23.2 Å². The van der Waals surface area contributed by atoms with Crippen LogP contribution in [-0.4, -0.2) is 45.0 Å². The van der Waals surface area contributed by atoms with E-state index in [0.717, 1.165) is 6.42 Å². The van der Waals surface area contributed by atoms with E-state index in [2.05, 4.69) is 10.6 Å². The SMILES string of the molecule is CC1(NC(=O)COc2ccc(Cl)cc2)C=CC1.CNC.O=CCOc1ccc(Cl)cc1. The van der Waals surface area contributed by atoms with Gasteiger partial charge in [-0.05, 0) is 76.0 Å². The summed E-state index contributed by atoms with van der Waals surface area (Å²) in [7, 11) is 3.75. The van der Waals surface area contributed by atoms with E-state index in [-0.39, 0.29) is 24.7 Å². The van der Waals surface area contributed by atoms with Crippen molar-refractivity contribution in [1.82, 2.24) is 10.6 Å². The molecule has 6 nitrogen and oxygen atoms in total. The molecule has 2 aromatic carbocycles. The standard InChI is InChI=1S/C13H14ClNO2.C8H7ClO2.C2H7N/c1-13(7-2-8-13)15-12(16)9-17-11-5-3-10(14)4-6-11;9-7-1-3-8(4-2-7)11-6-5-10;1-3-2/h2-7H,8-9H2,1H3,(H,15,16);1-5H,6H2;3H,1-2H3. The quantitative estimate of drug-likeness (QED) is 0.469. The second-order valence-electron chi connectivity index (χ2n) is 6.75. The van der Waals surface area contributed by atoms with Gasteiger partial charge >= 0.3 is 0 Å². The highest BCUT2D eigenvalue weighted by Gasteiger charge is 2.27. The minimum Gasteiger partial charge on any atom is -0.486 e. The summed E-state index contributed by atoms with van der Waals surface area (Å²) in [5.41, 5.74) is -0.194. The zero-order valence-corrected chi connectivity index (χ0v) is 19.4. The molecular weight excluding hydrogens is 439 g/mol. The fourth-order valence-corrected chi connectivity index (χ4v) is 2.51. The van der Waals surface area contributed by atoms with Crippen LogP contribution in [0, 0.1) is 0 Å². The van der Waals surface area contributed by atoms with Gasteiger partial charge in [0.2, 0.25) is 0 Å². The van der Waals surface area contributed by atoms with Crippen LogP contribution in [0.15, 0.2) is 60.7 Å². The lowest BCUT2D eigenvalue weighted by Crippen LogP contribution is -2.49. The van der Waals surface area contributed by atoms with Crippen LogP contribution in [-0.2, 0) is 9.59 Å². The third kappa shape index (κ3) is 11.4. The molecule has 0 saturated carbocycles. The number of nitrogens with one attached hydrogen (secondary N) is 2. The van der Waals surface area contributed by atoms with Crippen LogP contribution < -0.4 is 20.1 Å². The normalized spacial score (nSPS) is 15.8. The molecule has 168 valence electrons. The first-order chi connectivity index (χ1) is 14.8. The van der Waals surface area contributed by atoms with Crippen molar-refractivity contribution in [3.63, 3.8) is 0 Å². The predicted octanol–water partition coefficient (Wildman–Crippen LogP) is 4.31. The third-order valence-electron chi connectivity index (χ3n) is 3.77. The number of halogens is 2. The number of hydrogen-bond acceptors (Lipinski definition) is 5. The molecule has 8 heteroatoms. The molecule has 0 saturated heterocycles. The van der Waals surface area contributed by atoms with Gasteiger partial charge in [-0.2, -0.15) is 0 Å². The number of carbonyl (C=O) groups is 2. The highest BCUT2D eigenvalue weighted by Crippen LogP contribution is 2.21. The molecule has 0 aliphatic heterocycles. The van der Waals surface area contributed by atoms with Crippen LogP contribution in [0.2, 0.25) is 10.0 Å². The lowest BCUT2D eigenvalue weighted by molar-refractivity contribution is -0.124. The molecule has 0 radical (unpaired) electrons. The van der Waals surface area contributed by atoms with Gasteiger partial charge in [-0.3, -0.25) is 9.59 Å². The van der Waals surface area contributed by atoms with E-state index in [4.69, 9.17) is 32.7 Å². The highest BCUT2D eigenvalue weighted by molar-refractivity contribution is 6.30. The summed E-state index contributed by atoms with van der Waals surface area (Å²) < 4.78 is 10.3. The van der Waals surface area contributed by atoms with Crippen LogP contribution in [0.1, 0.15) is 13.3 Å². The van der Waals surface area contributed by atoms with Crippen molar-refractivity contribution in [1.29, 1.82) is 0 Å². The molecule has 0 bridgehead atoms. The molecule has 0 spiro atoms. The number of aldehydes is 1. The van der Waals surface area contributed by atoms with Crippen molar-refractivity contribution in [3.05, 3.63) is 70.7 Å². The molecular formula is C23H28Cl2N2O4. The van der Waals surface area contributed by atoms with Crippen LogP contribution in [0.25, 0.3) is 0 Å². The average molecular weight is 467 g/mol. The Morgan fingerprint density at radius 2 is 1.45 bits per heavy atom. The van der Waals surface area contributed by atoms with Crippen molar-refractivity contribution in [2.75, 3.05) is 27.3 Å². The van der Waals surface area contributed by atoms with Crippen molar-refractivity contribution in [2.24, 2.45) is 0 Å². The van der Waals surface area contributed by atoms with E-state index in [0.29, 0.717) is 27.8 Å². The van der Waals surface area contributed by atoms with Gasteiger partial charge in [-0.1, -0.05) is 35.4 Å². The third-order valence-corrected chi connectivity index (χ3v) is 4.27. The number of ether oxygens (including phenoxy) is 2. The first-order valence-electron chi connectivity index (χ1n) is 9.59. The summed E-state index contributed by atoms with van der Waals surface area (Å²) in [6.45, 7) is 2.08. The van der Waals surface area contributed by atoms with Gasteiger partial charge in [0, 0.05) is 10.0 Å². The van der Waals surface area contributed by atoms with E-state index in [9.17, 15) is 9.59 Å². The summed E-state index contributed by atoms with van der Waals surface area (Å²) >= 11 is 11.4. The molecule has 3 rings (SSSR count). The van der Waals surface area contributed by atoms with E-state index < -0.39 is 0 Å². The lowest BCUT2D eigenvalue weighted by atomic mass is 9.88. The minimum absolute atomic E-state index is 0.0189. The maximum atomic E-state index is 11.6. The number of benzene rings is 2. The maximum Gasteiger partial charge on any atom is 0.258 e. The van der Waals surface area contributed by atoms with Crippen LogP contribution in [0.5, 0.6) is 11.5 Å². The van der Waals surface area contributed by atoms with Gasteiger partial charge in [-0.15, -0.1) is 0 Å². The van der Waals surface area contributed by atoms with Gasteiger partial charge in [0.05, 0.1) is 5.54 Å². The molecule has 1 unspecified atom stereocenters. The molecule has 1 amide bonds.